The maximum absolute atomic E-state index is 9.43. The molecule has 1 heterocycles. The van der Waals surface area contributed by atoms with Crippen LogP contribution in [-0.4, -0.2) is 37.8 Å². The van der Waals surface area contributed by atoms with Crippen molar-refractivity contribution in [2.24, 2.45) is 0 Å². The topological polar surface area (TPSA) is 45.5 Å². The predicted molar refractivity (Wildman–Crippen MR) is 73.0 cm³/mol. The second kappa shape index (κ2) is 7.13. The molecule has 2 rings (SSSR count). The van der Waals surface area contributed by atoms with Gasteiger partial charge in [-0.05, 0) is 24.1 Å². The summed E-state index contributed by atoms with van der Waals surface area (Å²) in [5, 5.41) is 9.43. The van der Waals surface area contributed by atoms with E-state index in [1.165, 1.54) is 0 Å². The fraction of sp³-hybridized carbons (Fsp3) is 0.533. The quantitative estimate of drug-likeness (QED) is 0.815. The lowest BCUT2D eigenvalue weighted by atomic mass is 10.1. The van der Waals surface area contributed by atoms with Gasteiger partial charge in [0.05, 0.1) is 25.9 Å². The van der Waals surface area contributed by atoms with Crippen LogP contribution >= 0.6 is 0 Å². The third-order valence-electron chi connectivity index (χ3n) is 3.18. The summed E-state index contributed by atoms with van der Waals surface area (Å²) in [5.74, 6) is 0.841. The highest BCUT2D eigenvalue weighted by Crippen LogP contribution is 2.24. The molecule has 1 unspecified atom stereocenters. The van der Waals surface area contributed by atoms with E-state index < -0.39 is 0 Å². The molecule has 1 aliphatic rings. The fourth-order valence-electron chi connectivity index (χ4n) is 2.20. The lowest BCUT2D eigenvalue weighted by Gasteiger charge is -2.30. The molecule has 102 valence electrons. The minimum absolute atomic E-state index is 0.214. The number of ether oxygens (including phenoxy) is 2. The van der Waals surface area contributed by atoms with Crippen LogP contribution in [0.3, 0.4) is 0 Å². The molecule has 0 aromatic heterocycles. The van der Waals surface area contributed by atoms with E-state index in [-0.39, 0.29) is 6.04 Å². The molecule has 0 spiro atoms. The number of hydrogen-bond acceptors (Lipinski definition) is 4. The molecule has 1 fully saturated rings. The number of hydrogen-bond donors (Lipinski definition) is 0. The second-order valence-corrected chi connectivity index (χ2v) is 4.60. The van der Waals surface area contributed by atoms with E-state index in [1.54, 1.807) is 0 Å². The molecule has 1 aromatic carbocycles. The van der Waals surface area contributed by atoms with Crippen LogP contribution in [0.25, 0.3) is 0 Å². The Morgan fingerprint density at radius 3 is 2.89 bits per heavy atom. The first kappa shape index (κ1) is 13.9. The first-order chi connectivity index (χ1) is 9.35. The molecule has 1 aromatic rings. The Hall–Kier alpha value is -1.57. The largest absolute Gasteiger partial charge is 0.494 e. The van der Waals surface area contributed by atoms with Crippen LogP contribution in [0.4, 0.5) is 0 Å². The summed E-state index contributed by atoms with van der Waals surface area (Å²) >= 11 is 0. The molecule has 1 saturated heterocycles. The first-order valence-corrected chi connectivity index (χ1v) is 6.79. The fourth-order valence-corrected chi connectivity index (χ4v) is 2.20. The van der Waals surface area contributed by atoms with Gasteiger partial charge in [-0.2, -0.15) is 5.26 Å². The third-order valence-corrected chi connectivity index (χ3v) is 3.18. The van der Waals surface area contributed by atoms with Gasteiger partial charge in [-0.3, -0.25) is 4.90 Å². The van der Waals surface area contributed by atoms with Gasteiger partial charge >= 0.3 is 0 Å². The van der Waals surface area contributed by atoms with Gasteiger partial charge in [0.25, 0.3) is 0 Å². The standard InChI is InChI=1S/C15H20N2O2/c1-2-8-19-14-5-3-4-13(11-14)15(12-16)17-6-9-18-10-7-17/h3-5,11,15H,2,6-10H2,1H3. The number of nitrogens with zero attached hydrogens (tertiary/aromatic N) is 2. The van der Waals surface area contributed by atoms with Gasteiger partial charge in [-0.1, -0.05) is 19.1 Å². The van der Waals surface area contributed by atoms with Crippen LogP contribution in [0.1, 0.15) is 24.9 Å². The number of rotatable bonds is 5. The van der Waals surface area contributed by atoms with E-state index in [0.29, 0.717) is 19.8 Å². The van der Waals surface area contributed by atoms with Gasteiger partial charge in [-0.25, -0.2) is 0 Å². The molecule has 1 aliphatic heterocycles. The molecular weight excluding hydrogens is 240 g/mol. The highest BCUT2D eigenvalue weighted by molar-refractivity contribution is 5.33. The Balaban J connectivity index is 2.11. The van der Waals surface area contributed by atoms with Crippen LogP contribution in [-0.2, 0) is 4.74 Å². The Labute approximate surface area is 114 Å². The highest BCUT2D eigenvalue weighted by Gasteiger charge is 2.22. The van der Waals surface area contributed by atoms with Crippen molar-refractivity contribution in [3.8, 4) is 11.8 Å². The lowest BCUT2D eigenvalue weighted by Crippen LogP contribution is -2.38. The first-order valence-electron chi connectivity index (χ1n) is 6.79. The predicted octanol–water partition coefficient (Wildman–Crippen LogP) is 2.37. The number of morpholine rings is 1. The molecule has 0 N–H and O–H groups in total. The van der Waals surface area contributed by atoms with Gasteiger partial charge < -0.3 is 9.47 Å². The second-order valence-electron chi connectivity index (χ2n) is 4.60. The van der Waals surface area contributed by atoms with E-state index in [4.69, 9.17) is 9.47 Å². The average Bonchev–Trinajstić information content (AvgIpc) is 2.47. The minimum Gasteiger partial charge on any atom is -0.494 e. The highest BCUT2D eigenvalue weighted by atomic mass is 16.5. The Morgan fingerprint density at radius 2 is 2.21 bits per heavy atom. The zero-order valence-corrected chi connectivity index (χ0v) is 11.3. The van der Waals surface area contributed by atoms with E-state index in [2.05, 4.69) is 17.9 Å². The molecule has 0 amide bonds. The van der Waals surface area contributed by atoms with E-state index in [9.17, 15) is 5.26 Å². The molecule has 1 atom stereocenters. The van der Waals surface area contributed by atoms with Gasteiger partial charge in [0.15, 0.2) is 0 Å². The maximum Gasteiger partial charge on any atom is 0.124 e. The summed E-state index contributed by atoms with van der Waals surface area (Å²) in [5.41, 5.74) is 0.998. The molecular formula is C15H20N2O2. The normalized spacial score (nSPS) is 17.7. The SMILES string of the molecule is CCCOc1cccc(C(C#N)N2CCOCC2)c1. The Kier molecular flexibility index (Phi) is 5.20. The van der Waals surface area contributed by atoms with E-state index in [1.807, 2.05) is 24.3 Å². The van der Waals surface area contributed by atoms with Crippen molar-refractivity contribution in [2.45, 2.75) is 19.4 Å². The molecule has 0 aliphatic carbocycles. The summed E-state index contributed by atoms with van der Waals surface area (Å²) in [6, 6.07) is 10.0. The van der Waals surface area contributed by atoms with Crippen LogP contribution in [0.15, 0.2) is 24.3 Å². The Morgan fingerprint density at radius 1 is 1.42 bits per heavy atom. The molecule has 0 radical (unpaired) electrons. The molecule has 0 bridgehead atoms. The monoisotopic (exact) mass is 260 g/mol. The zero-order chi connectivity index (χ0) is 13.5. The molecule has 0 saturated carbocycles. The molecule has 4 heteroatoms. The summed E-state index contributed by atoms with van der Waals surface area (Å²) in [4.78, 5) is 2.16. The number of benzene rings is 1. The zero-order valence-electron chi connectivity index (χ0n) is 11.3. The Bertz CT molecular complexity index is 436. The third kappa shape index (κ3) is 3.69. The van der Waals surface area contributed by atoms with Crippen LogP contribution in [0.2, 0.25) is 0 Å². The molecule has 19 heavy (non-hydrogen) atoms. The van der Waals surface area contributed by atoms with Crippen LogP contribution in [0.5, 0.6) is 5.75 Å². The molecule has 4 nitrogen and oxygen atoms in total. The van der Waals surface area contributed by atoms with Crippen molar-refractivity contribution in [3.63, 3.8) is 0 Å². The van der Waals surface area contributed by atoms with Crippen molar-refractivity contribution in [1.82, 2.24) is 4.90 Å². The lowest BCUT2D eigenvalue weighted by molar-refractivity contribution is 0.0266. The van der Waals surface area contributed by atoms with Gasteiger partial charge in [0, 0.05) is 13.1 Å². The average molecular weight is 260 g/mol. The van der Waals surface area contributed by atoms with E-state index in [0.717, 1.165) is 30.8 Å². The van der Waals surface area contributed by atoms with Crippen molar-refractivity contribution >= 4 is 0 Å². The van der Waals surface area contributed by atoms with Crippen LogP contribution < -0.4 is 4.74 Å². The van der Waals surface area contributed by atoms with Gasteiger partial charge in [0.1, 0.15) is 11.8 Å². The number of nitriles is 1. The van der Waals surface area contributed by atoms with Crippen LogP contribution in [0, 0.1) is 11.3 Å². The van der Waals surface area contributed by atoms with Crippen molar-refractivity contribution in [3.05, 3.63) is 29.8 Å². The summed E-state index contributed by atoms with van der Waals surface area (Å²) in [7, 11) is 0. The minimum atomic E-state index is -0.214. The summed E-state index contributed by atoms with van der Waals surface area (Å²) in [6.07, 6.45) is 0.982. The van der Waals surface area contributed by atoms with Gasteiger partial charge in [0.2, 0.25) is 0 Å². The van der Waals surface area contributed by atoms with Crippen molar-refractivity contribution in [2.75, 3.05) is 32.9 Å². The van der Waals surface area contributed by atoms with Gasteiger partial charge in [-0.15, -0.1) is 0 Å². The summed E-state index contributed by atoms with van der Waals surface area (Å²) in [6.45, 7) is 5.79. The maximum atomic E-state index is 9.43. The van der Waals surface area contributed by atoms with E-state index >= 15 is 0 Å². The summed E-state index contributed by atoms with van der Waals surface area (Å²) < 4.78 is 11.0. The smallest absolute Gasteiger partial charge is 0.124 e. The van der Waals surface area contributed by atoms with Crippen molar-refractivity contribution in [1.29, 1.82) is 5.26 Å². The van der Waals surface area contributed by atoms with Crippen molar-refractivity contribution < 1.29 is 9.47 Å².